The third kappa shape index (κ3) is 6.88. The minimum absolute atomic E-state index is 0.0646. The average molecular weight is 463 g/mol. The van der Waals surface area contributed by atoms with E-state index in [4.69, 9.17) is 27.9 Å². The molecule has 1 heterocycles. The normalized spacial score (nSPS) is 14.5. The van der Waals surface area contributed by atoms with Crippen molar-refractivity contribution in [3.63, 3.8) is 0 Å². The summed E-state index contributed by atoms with van der Waals surface area (Å²) in [6, 6.07) is 12.2. The number of carbonyl (C=O) groups excluding carboxylic acids is 2. The molecule has 0 saturated carbocycles. The van der Waals surface area contributed by atoms with Crippen molar-refractivity contribution in [2.24, 2.45) is 11.8 Å². The van der Waals surface area contributed by atoms with Crippen LogP contribution in [0.5, 0.6) is 11.5 Å². The van der Waals surface area contributed by atoms with E-state index in [-0.39, 0.29) is 17.7 Å². The van der Waals surface area contributed by atoms with Gasteiger partial charge in [0.25, 0.3) is 0 Å². The molecule has 31 heavy (non-hydrogen) atoms. The summed E-state index contributed by atoms with van der Waals surface area (Å²) in [6.45, 7) is 5.55. The van der Waals surface area contributed by atoms with Crippen LogP contribution in [0.15, 0.2) is 42.5 Å². The monoisotopic (exact) mass is 462 g/mol. The minimum Gasteiger partial charge on any atom is -0.454 e. The van der Waals surface area contributed by atoms with Crippen molar-refractivity contribution < 1.29 is 14.3 Å². The first-order valence-electron chi connectivity index (χ1n) is 10.6. The van der Waals surface area contributed by atoms with Gasteiger partial charge in [-0.3, -0.25) is 9.59 Å². The van der Waals surface area contributed by atoms with Crippen molar-refractivity contribution in [3.05, 3.63) is 52.5 Å². The first-order chi connectivity index (χ1) is 14.8. The zero-order valence-electron chi connectivity index (χ0n) is 17.9. The summed E-state index contributed by atoms with van der Waals surface area (Å²) in [4.78, 5) is 26.8. The number of ether oxygens (including phenoxy) is 1. The molecule has 7 heteroatoms. The van der Waals surface area contributed by atoms with E-state index in [0.717, 1.165) is 25.9 Å². The van der Waals surface area contributed by atoms with Gasteiger partial charge in [0.05, 0.1) is 10.7 Å². The largest absolute Gasteiger partial charge is 0.454 e. The Labute approximate surface area is 193 Å². The lowest BCUT2D eigenvalue weighted by Crippen LogP contribution is -2.39. The maximum atomic E-state index is 12.7. The fraction of sp³-hybridized carbons (Fsp3) is 0.417. The summed E-state index contributed by atoms with van der Waals surface area (Å²) in [5, 5.41) is 3.88. The number of hydrogen-bond acceptors (Lipinski definition) is 3. The summed E-state index contributed by atoms with van der Waals surface area (Å²) in [5.74, 6) is 1.75. The van der Waals surface area contributed by atoms with Crippen molar-refractivity contribution in [1.29, 1.82) is 0 Å². The Bertz CT molecular complexity index is 925. The fourth-order valence-electron chi connectivity index (χ4n) is 3.66. The minimum atomic E-state index is -0.0646. The molecule has 2 amide bonds. The molecule has 1 saturated heterocycles. The van der Waals surface area contributed by atoms with Crippen LogP contribution in [0.3, 0.4) is 0 Å². The van der Waals surface area contributed by atoms with Gasteiger partial charge in [-0.25, -0.2) is 0 Å². The highest BCUT2D eigenvalue weighted by Crippen LogP contribution is 2.35. The zero-order valence-corrected chi connectivity index (χ0v) is 19.4. The third-order valence-electron chi connectivity index (χ3n) is 5.30. The lowest BCUT2D eigenvalue weighted by Gasteiger charge is -2.32. The topological polar surface area (TPSA) is 58.6 Å². The Morgan fingerprint density at radius 3 is 2.48 bits per heavy atom. The van der Waals surface area contributed by atoms with Crippen LogP contribution in [0.25, 0.3) is 0 Å². The van der Waals surface area contributed by atoms with E-state index in [1.54, 1.807) is 30.3 Å². The predicted molar refractivity (Wildman–Crippen MR) is 125 cm³/mol. The molecular weight excluding hydrogens is 435 g/mol. The molecule has 0 atom stereocenters. The molecule has 2 aromatic carbocycles. The second-order valence-corrected chi connectivity index (χ2v) is 9.19. The molecule has 0 spiro atoms. The maximum Gasteiger partial charge on any atom is 0.224 e. The van der Waals surface area contributed by atoms with Crippen molar-refractivity contribution >= 4 is 40.7 Å². The molecule has 1 aliphatic heterocycles. The number of carbonyl (C=O) groups is 2. The molecule has 0 aliphatic carbocycles. The first-order valence-corrected chi connectivity index (χ1v) is 11.4. The van der Waals surface area contributed by atoms with Crippen LogP contribution in [-0.4, -0.2) is 29.8 Å². The molecule has 0 unspecified atom stereocenters. The van der Waals surface area contributed by atoms with Gasteiger partial charge in [-0.1, -0.05) is 49.2 Å². The highest BCUT2D eigenvalue weighted by Gasteiger charge is 2.25. The fourth-order valence-corrected chi connectivity index (χ4v) is 4.11. The number of amides is 2. The quantitative estimate of drug-likeness (QED) is 0.517. The van der Waals surface area contributed by atoms with E-state index in [2.05, 4.69) is 19.2 Å². The summed E-state index contributed by atoms with van der Waals surface area (Å²) in [6.07, 6.45) is 2.69. The Hall–Kier alpha value is -2.24. The molecule has 3 rings (SSSR count). The molecule has 0 aromatic heterocycles. The Morgan fingerprint density at radius 2 is 1.81 bits per heavy atom. The van der Waals surface area contributed by atoms with Crippen LogP contribution in [0.1, 0.15) is 39.5 Å². The summed E-state index contributed by atoms with van der Waals surface area (Å²) < 4.78 is 5.91. The smallest absolute Gasteiger partial charge is 0.224 e. The number of piperidine rings is 1. The van der Waals surface area contributed by atoms with Gasteiger partial charge in [-0.2, -0.15) is 0 Å². The number of benzene rings is 2. The molecule has 166 valence electrons. The summed E-state index contributed by atoms with van der Waals surface area (Å²) >= 11 is 12.1. The van der Waals surface area contributed by atoms with E-state index in [1.807, 2.05) is 17.0 Å². The van der Waals surface area contributed by atoms with E-state index in [1.165, 1.54) is 0 Å². The van der Waals surface area contributed by atoms with Gasteiger partial charge in [0.2, 0.25) is 11.8 Å². The highest BCUT2D eigenvalue weighted by molar-refractivity contribution is 6.35. The number of para-hydroxylation sites is 2. The van der Waals surface area contributed by atoms with E-state index in [9.17, 15) is 9.59 Å². The molecule has 2 aromatic rings. The van der Waals surface area contributed by atoms with E-state index >= 15 is 0 Å². The zero-order chi connectivity index (χ0) is 22.4. The second-order valence-electron chi connectivity index (χ2n) is 8.35. The molecule has 0 bridgehead atoms. The van der Waals surface area contributed by atoms with Gasteiger partial charge >= 0.3 is 0 Å². The Morgan fingerprint density at radius 1 is 1.10 bits per heavy atom. The Kier molecular flexibility index (Phi) is 8.22. The van der Waals surface area contributed by atoms with E-state index in [0.29, 0.717) is 46.0 Å². The van der Waals surface area contributed by atoms with Gasteiger partial charge in [-0.15, -0.1) is 0 Å². The maximum absolute atomic E-state index is 12.7. The number of nitrogens with zero attached hydrogens (tertiary/aromatic N) is 1. The SMILES string of the molecule is CC(C)CC(=O)N1CCC(CC(=O)Nc2ccccc2Oc2ccc(Cl)cc2Cl)CC1. The van der Waals surface area contributed by atoms with Crippen LogP contribution in [0, 0.1) is 11.8 Å². The predicted octanol–water partition coefficient (Wildman–Crippen LogP) is 6.40. The third-order valence-corrected chi connectivity index (χ3v) is 5.83. The van der Waals surface area contributed by atoms with Crippen molar-refractivity contribution in [2.45, 2.75) is 39.5 Å². The number of anilines is 1. The molecule has 1 fully saturated rings. The van der Waals surface area contributed by atoms with Crippen molar-refractivity contribution in [2.75, 3.05) is 18.4 Å². The number of halogens is 2. The van der Waals surface area contributed by atoms with Crippen LogP contribution in [0.4, 0.5) is 5.69 Å². The molecule has 0 radical (unpaired) electrons. The highest BCUT2D eigenvalue weighted by atomic mass is 35.5. The first kappa shape index (κ1) is 23.4. The van der Waals surface area contributed by atoms with Crippen LogP contribution < -0.4 is 10.1 Å². The Balaban J connectivity index is 1.55. The lowest BCUT2D eigenvalue weighted by molar-refractivity contribution is -0.133. The summed E-state index contributed by atoms with van der Waals surface area (Å²) in [7, 11) is 0. The van der Waals surface area contributed by atoms with Crippen LogP contribution in [0.2, 0.25) is 10.0 Å². The average Bonchev–Trinajstić information content (AvgIpc) is 2.71. The van der Waals surface area contributed by atoms with Crippen LogP contribution in [-0.2, 0) is 9.59 Å². The van der Waals surface area contributed by atoms with Crippen molar-refractivity contribution in [1.82, 2.24) is 4.90 Å². The van der Waals surface area contributed by atoms with Gasteiger partial charge in [-0.05, 0) is 55.0 Å². The van der Waals surface area contributed by atoms with Crippen molar-refractivity contribution in [3.8, 4) is 11.5 Å². The van der Waals surface area contributed by atoms with Gasteiger partial charge in [0.1, 0.15) is 5.75 Å². The standard InChI is InChI=1S/C24H28Cl2N2O3/c1-16(2)13-24(30)28-11-9-17(10-12-28)14-23(29)27-20-5-3-4-6-22(20)31-21-8-7-18(25)15-19(21)26/h3-8,15-17H,9-14H2,1-2H3,(H,27,29). The number of hydrogen-bond donors (Lipinski definition) is 1. The second kappa shape index (κ2) is 10.9. The van der Waals surface area contributed by atoms with E-state index < -0.39 is 0 Å². The summed E-state index contributed by atoms with van der Waals surface area (Å²) in [5.41, 5.74) is 0.586. The van der Waals surface area contributed by atoms with Gasteiger partial charge in [0, 0.05) is 31.0 Å². The van der Waals surface area contributed by atoms with Gasteiger partial charge < -0.3 is 15.0 Å². The molecule has 5 nitrogen and oxygen atoms in total. The number of nitrogens with one attached hydrogen (secondary N) is 1. The number of rotatable bonds is 7. The van der Waals surface area contributed by atoms with Crippen LogP contribution >= 0.6 is 23.2 Å². The lowest BCUT2D eigenvalue weighted by atomic mass is 9.92. The molecule has 1 N–H and O–H groups in total. The number of likely N-dealkylation sites (tertiary alicyclic amines) is 1. The van der Waals surface area contributed by atoms with Gasteiger partial charge in [0.15, 0.2) is 5.75 Å². The molecule has 1 aliphatic rings. The molecular formula is C24H28Cl2N2O3.